The quantitative estimate of drug-likeness (QED) is 0.804. The van der Waals surface area contributed by atoms with Gasteiger partial charge < -0.3 is 9.84 Å². The fraction of sp³-hybridized carbons (Fsp3) is 0.222. The van der Waals surface area contributed by atoms with E-state index >= 15 is 0 Å². The SMILES string of the molecule is COc1ccc(C(Sc2ccc(C(C)C#N)cc2)C(=O)O)cc1. The number of nitrogens with zero attached hydrogens (tertiary/aromatic N) is 1. The predicted molar refractivity (Wildman–Crippen MR) is 89.7 cm³/mol. The number of thioether (sulfide) groups is 1. The Labute approximate surface area is 139 Å². The van der Waals surface area contributed by atoms with Gasteiger partial charge in [0.15, 0.2) is 0 Å². The van der Waals surface area contributed by atoms with Gasteiger partial charge in [-0.15, -0.1) is 11.8 Å². The molecule has 0 aromatic heterocycles. The summed E-state index contributed by atoms with van der Waals surface area (Å²) in [6, 6.07) is 16.6. The van der Waals surface area contributed by atoms with Crippen LogP contribution in [0.15, 0.2) is 53.4 Å². The van der Waals surface area contributed by atoms with Gasteiger partial charge in [-0.25, -0.2) is 0 Å². The third kappa shape index (κ3) is 4.27. The molecule has 0 amide bonds. The van der Waals surface area contributed by atoms with Crippen LogP contribution in [0.1, 0.15) is 29.2 Å². The van der Waals surface area contributed by atoms with Crippen LogP contribution in [-0.4, -0.2) is 18.2 Å². The molecule has 2 unspecified atom stereocenters. The van der Waals surface area contributed by atoms with Gasteiger partial charge in [-0.1, -0.05) is 24.3 Å². The van der Waals surface area contributed by atoms with Crippen molar-refractivity contribution in [2.45, 2.75) is 23.0 Å². The molecule has 118 valence electrons. The Hall–Kier alpha value is -2.45. The normalized spacial score (nSPS) is 12.9. The zero-order chi connectivity index (χ0) is 16.8. The van der Waals surface area contributed by atoms with Crippen LogP contribution in [0.3, 0.4) is 0 Å². The van der Waals surface area contributed by atoms with E-state index in [1.165, 1.54) is 11.8 Å². The number of rotatable bonds is 6. The number of aliphatic carboxylic acids is 1. The van der Waals surface area contributed by atoms with Gasteiger partial charge in [0, 0.05) is 4.90 Å². The average molecular weight is 327 g/mol. The minimum absolute atomic E-state index is 0.175. The van der Waals surface area contributed by atoms with E-state index in [4.69, 9.17) is 10.00 Å². The van der Waals surface area contributed by atoms with Crippen molar-refractivity contribution in [3.05, 3.63) is 59.7 Å². The summed E-state index contributed by atoms with van der Waals surface area (Å²) in [5.41, 5.74) is 1.63. The molecule has 0 spiro atoms. The third-order valence-electron chi connectivity index (χ3n) is 3.47. The summed E-state index contributed by atoms with van der Waals surface area (Å²) in [4.78, 5) is 12.4. The van der Waals surface area contributed by atoms with Crippen molar-refractivity contribution in [3.8, 4) is 11.8 Å². The number of hydrogen-bond donors (Lipinski definition) is 1. The first kappa shape index (κ1) is 16.9. The molecular weight excluding hydrogens is 310 g/mol. The van der Waals surface area contributed by atoms with E-state index < -0.39 is 11.2 Å². The summed E-state index contributed by atoms with van der Waals surface area (Å²) >= 11 is 1.27. The highest BCUT2D eigenvalue weighted by Crippen LogP contribution is 2.36. The lowest BCUT2D eigenvalue weighted by Gasteiger charge is -2.13. The van der Waals surface area contributed by atoms with Gasteiger partial charge >= 0.3 is 5.97 Å². The molecule has 4 nitrogen and oxygen atoms in total. The molecule has 0 aliphatic rings. The molecule has 2 aromatic carbocycles. The van der Waals surface area contributed by atoms with E-state index in [9.17, 15) is 9.90 Å². The molecule has 0 aliphatic carbocycles. The van der Waals surface area contributed by atoms with Crippen LogP contribution in [0.5, 0.6) is 5.75 Å². The number of benzene rings is 2. The first-order valence-electron chi connectivity index (χ1n) is 7.08. The van der Waals surface area contributed by atoms with Gasteiger partial charge in [-0.05, 0) is 42.3 Å². The topological polar surface area (TPSA) is 70.3 Å². The van der Waals surface area contributed by atoms with Crippen LogP contribution < -0.4 is 4.74 Å². The minimum Gasteiger partial charge on any atom is -0.497 e. The Balaban J connectivity index is 2.19. The lowest BCUT2D eigenvalue weighted by Crippen LogP contribution is -2.07. The Morgan fingerprint density at radius 1 is 1.13 bits per heavy atom. The summed E-state index contributed by atoms with van der Waals surface area (Å²) in [6.45, 7) is 1.83. The summed E-state index contributed by atoms with van der Waals surface area (Å²) in [7, 11) is 1.57. The number of hydrogen-bond acceptors (Lipinski definition) is 4. The zero-order valence-electron chi connectivity index (χ0n) is 12.9. The molecule has 0 heterocycles. The zero-order valence-corrected chi connectivity index (χ0v) is 13.7. The van der Waals surface area contributed by atoms with Crippen molar-refractivity contribution in [2.24, 2.45) is 0 Å². The van der Waals surface area contributed by atoms with Crippen molar-refractivity contribution in [1.82, 2.24) is 0 Å². The molecule has 0 saturated heterocycles. The molecule has 2 rings (SSSR count). The Morgan fingerprint density at radius 3 is 2.17 bits per heavy atom. The fourth-order valence-electron chi connectivity index (χ4n) is 2.09. The second-order valence-corrected chi connectivity index (χ2v) is 6.21. The predicted octanol–water partition coefficient (Wildman–Crippen LogP) is 4.24. The molecule has 0 saturated carbocycles. The van der Waals surface area contributed by atoms with Gasteiger partial charge in [0.05, 0.1) is 19.1 Å². The highest BCUT2D eigenvalue weighted by Gasteiger charge is 2.21. The van der Waals surface area contributed by atoms with Crippen molar-refractivity contribution >= 4 is 17.7 Å². The van der Waals surface area contributed by atoms with Gasteiger partial charge in [0.1, 0.15) is 11.0 Å². The number of carboxylic acid groups (broad SMARTS) is 1. The first-order valence-corrected chi connectivity index (χ1v) is 7.96. The molecule has 1 N–H and O–H groups in total. The van der Waals surface area contributed by atoms with Gasteiger partial charge in [-0.2, -0.15) is 5.26 Å². The molecule has 0 fully saturated rings. The number of ether oxygens (including phenoxy) is 1. The highest BCUT2D eigenvalue weighted by molar-refractivity contribution is 8.00. The maximum atomic E-state index is 11.6. The van der Waals surface area contributed by atoms with E-state index in [2.05, 4.69) is 6.07 Å². The van der Waals surface area contributed by atoms with Crippen LogP contribution in [0, 0.1) is 11.3 Å². The van der Waals surface area contributed by atoms with Crippen LogP contribution in [0.4, 0.5) is 0 Å². The van der Waals surface area contributed by atoms with Crippen LogP contribution >= 0.6 is 11.8 Å². The average Bonchev–Trinajstić information content (AvgIpc) is 2.59. The lowest BCUT2D eigenvalue weighted by molar-refractivity contribution is -0.136. The van der Waals surface area contributed by atoms with Gasteiger partial charge in [0.2, 0.25) is 0 Å². The van der Waals surface area contributed by atoms with E-state index in [-0.39, 0.29) is 5.92 Å². The van der Waals surface area contributed by atoms with Crippen LogP contribution in [0.25, 0.3) is 0 Å². The van der Waals surface area contributed by atoms with Crippen LogP contribution in [-0.2, 0) is 4.79 Å². The first-order chi connectivity index (χ1) is 11.0. The second kappa shape index (κ2) is 7.70. The van der Waals surface area contributed by atoms with E-state index in [0.29, 0.717) is 11.3 Å². The Bertz CT molecular complexity index is 705. The summed E-state index contributed by atoms with van der Waals surface area (Å²) in [5, 5.41) is 17.7. The molecular formula is C18H17NO3S. The van der Waals surface area contributed by atoms with E-state index in [1.54, 1.807) is 31.4 Å². The van der Waals surface area contributed by atoms with Crippen molar-refractivity contribution in [3.63, 3.8) is 0 Å². The molecule has 2 atom stereocenters. The Kier molecular flexibility index (Phi) is 5.67. The van der Waals surface area contributed by atoms with Crippen molar-refractivity contribution < 1.29 is 14.6 Å². The molecule has 2 aromatic rings. The minimum atomic E-state index is -0.894. The van der Waals surface area contributed by atoms with E-state index in [0.717, 1.165) is 10.5 Å². The lowest BCUT2D eigenvalue weighted by atomic mass is 10.0. The number of carboxylic acids is 1. The number of carbonyl (C=O) groups is 1. The fourth-order valence-corrected chi connectivity index (χ4v) is 3.04. The standard InChI is InChI=1S/C18H17NO3S/c1-12(11-19)13-5-9-16(10-6-13)23-17(18(20)21)14-3-7-15(22-2)8-4-14/h3-10,12,17H,1-2H3,(H,20,21). The van der Waals surface area contributed by atoms with Crippen molar-refractivity contribution in [1.29, 1.82) is 5.26 Å². The van der Waals surface area contributed by atoms with Gasteiger partial charge in [0.25, 0.3) is 0 Å². The highest BCUT2D eigenvalue weighted by atomic mass is 32.2. The Morgan fingerprint density at radius 2 is 1.70 bits per heavy atom. The largest absolute Gasteiger partial charge is 0.497 e. The maximum absolute atomic E-state index is 11.6. The molecule has 23 heavy (non-hydrogen) atoms. The smallest absolute Gasteiger partial charge is 0.321 e. The van der Waals surface area contributed by atoms with Gasteiger partial charge in [-0.3, -0.25) is 4.79 Å². The number of nitriles is 1. The summed E-state index contributed by atoms with van der Waals surface area (Å²) < 4.78 is 5.09. The van der Waals surface area contributed by atoms with Crippen molar-refractivity contribution in [2.75, 3.05) is 7.11 Å². The van der Waals surface area contributed by atoms with E-state index in [1.807, 2.05) is 31.2 Å². The maximum Gasteiger partial charge on any atom is 0.321 e. The second-order valence-electron chi connectivity index (χ2n) is 5.03. The molecule has 0 aliphatic heterocycles. The third-order valence-corrected chi connectivity index (χ3v) is 4.72. The monoisotopic (exact) mass is 327 g/mol. The molecule has 0 bridgehead atoms. The summed E-state index contributed by atoms with van der Waals surface area (Å²) in [5.74, 6) is -0.377. The van der Waals surface area contributed by atoms with Crippen LogP contribution in [0.2, 0.25) is 0 Å². The number of methoxy groups -OCH3 is 1. The molecule has 5 heteroatoms. The molecule has 0 radical (unpaired) electrons. The summed E-state index contributed by atoms with van der Waals surface area (Å²) in [6.07, 6.45) is 0.